The Labute approximate surface area is 157 Å². The van der Waals surface area contributed by atoms with E-state index in [0.717, 1.165) is 19.3 Å². The van der Waals surface area contributed by atoms with Gasteiger partial charge in [0.2, 0.25) is 15.9 Å². The second-order valence-electron chi connectivity index (χ2n) is 7.99. The third-order valence-corrected chi connectivity index (χ3v) is 7.81. The molecule has 1 fully saturated rings. The average Bonchev–Trinajstić information content (AvgIpc) is 2.88. The molecule has 26 heavy (non-hydrogen) atoms. The summed E-state index contributed by atoms with van der Waals surface area (Å²) in [5.74, 6) is 0.483. The first-order valence-corrected chi connectivity index (χ1v) is 11.2. The van der Waals surface area contributed by atoms with Gasteiger partial charge in [-0.15, -0.1) is 0 Å². The van der Waals surface area contributed by atoms with Crippen LogP contribution in [0.2, 0.25) is 0 Å². The van der Waals surface area contributed by atoms with Crippen LogP contribution in [0.25, 0.3) is 0 Å². The summed E-state index contributed by atoms with van der Waals surface area (Å²) in [7, 11) is -3.12. The molecule has 0 unspecified atom stereocenters. The SMILES string of the molecule is CCS(=O)(=O)N1CCC2(CC1)C[C@@H](CC(=O)NC(C)C)c1ccccc12. The molecule has 1 amide bonds. The molecular formula is C20H30N2O3S. The predicted molar refractivity (Wildman–Crippen MR) is 104 cm³/mol. The van der Waals surface area contributed by atoms with Gasteiger partial charge in [-0.05, 0) is 62.5 Å². The van der Waals surface area contributed by atoms with Crippen LogP contribution in [0.15, 0.2) is 24.3 Å². The van der Waals surface area contributed by atoms with Crippen LogP contribution in [0.1, 0.15) is 63.5 Å². The Morgan fingerprint density at radius 3 is 2.54 bits per heavy atom. The van der Waals surface area contributed by atoms with Crippen molar-refractivity contribution < 1.29 is 13.2 Å². The fourth-order valence-corrected chi connectivity index (χ4v) is 5.77. The smallest absolute Gasteiger partial charge is 0.220 e. The predicted octanol–water partition coefficient (Wildman–Crippen LogP) is 2.77. The third kappa shape index (κ3) is 3.67. The second-order valence-corrected chi connectivity index (χ2v) is 10.3. The number of piperidine rings is 1. The molecule has 0 aromatic heterocycles. The highest BCUT2D eigenvalue weighted by molar-refractivity contribution is 7.89. The summed E-state index contributed by atoms with van der Waals surface area (Å²) in [6, 6.07) is 8.58. The summed E-state index contributed by atoms with van der Waals surface area (Å²) in [4.78, 5) is 12.3. The lowest BCUT2D eigenvalue weighted by molar-refractivity contribution is -0.122. The van der Waals surface area contributed by atoms with Gasteiger partial charge < -0.3 is 5.32 Å². The summed E-state index contributed by atoms with van der Waals surface area (Å²) in [6.45, 7) is 6.82. The Hall–Kier alpha value is -1.40. The van der Waals surface area contributed by atoms with Crippen LogP contribution in [-0.2, 0) is 20.2 Å². The Kier molecular flexibility index (Phi) is 5.45. The zero-order chi connectivity index (χ0) is 18.9. The highest BCUT2D eigenvalue weighted by atomic mass is 32.2. The molecule has 1 aromatic rings. The van der Waals surface area contributed by atoms with Gasteiger partial charge in [0, 0.05) is 25.6 Å². The van der Waals surface area contributed by atoms with E-state index in [1.807, 2.05) is 19.9 Å². The first-order valence-electron chi connectivity index (χ1n) is 9.64. The summed E-state index contributed by atoms with van der Waals surface area (Å²) >= 11 is 0. The van der Waals surface area contributed by atoms with E-state index in [-0.39, 0.29) is 29.0 Å². The molecule has 1 atom stereocenters. The quantitative estimate of drug-likeness (QED) is 0.857. The fraction of sp³-hybridized carbons (Fsp3) is 0.650. The molecule has 0 radical (unpaired) electrons. The third-order valence-electron chi connectivity index (χ3n) is 5.93. The summed E-state index contributed by atoms with van der Waals surface area (Å²) in [6.07, 6.45) is 3.13. The second kappa shape index (κ2) is 7.31. The normalized spacial score (nSPS) is 22.5. The monoisotopic (exact) mass is 378 g/mol. The Morgan fingerprint density at radius 1 is 1.27 bits per heavy atom. The van der Waals surface area contributed by atoms with Crippen molar-refractivity contribution in [1.29, 1.82) is 0 Å². The summed E-state index contributed by atoms with van der Waals surface area (Å²) in [5.41, 5.74) is 2.62. The maximum absolute atomic E-state index is 12.3. The number of fused-ring (bicyclic) bond motifs is 2. The van der Waals surface area contributed by atoms with E-state index in [0.29, 0.717) is 19.5 Å². The van der Waals surface area contributed by atoms with Gasteiger partial charge in [0.05, 0.1) is 5.75 Å². The van der Waals surface area contributed by atoms with E-state index in [1.165, 1.54) is 11.1 Å². The lowest BCUT2D eigenvalue weighted by atomic mass is 9.73. The van der Waals surface area contributed by atoms with Gasteiger partial charge in [-0.1, -0.05) is 24.3 Å². The molecule has 2 aliphatic rings. The van der Waals surface area contributed by atoms with Crippen molar-refractivity contribution in [1.82, 2.24) is 9.62 Å². The Balaban J connectivity index is 1.79. The highest BCUT2D eigenvalue weighted by Crippen LogP contribution is 2.52. The van der Waals surface area contributed by atoms with Crippen LogP contribution in [0.5, 0.6) is 0 Å². The molecule has 1 saturated heterocycles. The topological polar surface area (TPSA) is 66.5 Å². The number of rotatable bonds is 5. The van der Waals surface area contributed by atoms with Gasteiger partial charge in [0.1, 0.15) is 0 Å². The maximum atomic E-state index is 12.3. The van der Waals surface area contributed by atoms with Crippen LogP contribution in [-0.4, -0.2) is 43.5 Å². The van der Waals surface area contributed by atoms with Gasteiger partial charge in [-0.3, -0.25) is 4.79 Å². The molecule has 1 aliphatic carbocycles. The number of benzene rings is 1. The lowest BCUT2D eigenvalue weighted by Crippen LogP contribution is -2.45. The number of carbonyl (C=O) groups is 1. The number of hydrogen-bond donors (Lipinski definition) is 1. The zero-order valence-corrected chi connectivity index (χ0v) is 16.8. The van der Waals surface area contributed by atoms with Crippen molar-refractivity contribution >= 4 is 15.9 Å². The van der Waals surface area contributed by atoms with Crippen LogP contribution in [0.4, 0.5) is 0 Å². The van der Waals surface area contributed by atoms with Gasteiger partial charge in [0.25, 0.3) is 0 Å². The van der Waals surface area contributed by atoms with Gasteiger partial charge in [-0.2, -0.15) is 0 Å². The van der Waals surface area contributed by atoms with Crippen LogP contribution in [0, 0.1) is 0 Å². The molecule has 6 heteroatoms. The zero-order valence-electron chi connectivity index (χ0n) is 16.0. The fourth-order valence-electron chi connectivity index (χ4n) is 4.66. The Bertz CT molecular complexity index is 765. The van der Waals surface area contributed by atoms with Crippen molar-refractivity contribution in [3.05, 3.63) is 35.4 Å². The molecule has 0 saturated carbocycles. The van der Waals surface area contributed by atoms with Crippen molar-refractivity contribution in [2.45, 2.75) is 63.8 Å². The molecule has 1 aliphatic heterocycles. The van der Waals surface area contributed by atoms with Crippen molar-refractivity contribution in [2.75, 3.05) is 18.8 Å². The molecule has 0 bridgehead atoms. The van der Waals surface area contributed by atoms with E-state index in [1.54, 1.807) is 11.2 Å². The first kappa shape index (κ1) is 19.4. The van der Waals surface area contributed by atoms with E-state index in [9.17, 15) is 13.2 Å². The number of hydrogen-bond acceptors (Lipinski definition) is 3. The van der Waals surface area contributed by atoms with Gasteiger partial charge in [0.15, 0.2) is 0 Å². The van der Waals surface area contributed by atoms with E-state index < -0.39 is 10.0 Å². The number of nitrogens with zero attached hydrogens (tertiary/aromatic N) is 1. The van der Waals surface area contributed by atoms with E-state index in [2.05, 4.69) is 23.5 Å². The minimum Gasteiger partial charge on any atom is -0.354 e. The van der Waals surface area contributed by atoms with Crippen molar-refractivity contribution in [3.63, 3.8) is 0 Å². The van der Waals surface area contributed by atoms with Crippen LogP contribution >= 0.6 is 0 Å². The molecule has 1 N–H and O–H groups in total. The minimum absolute atomic E-state index is 0.0130. The van der Waals surface area contributed by atoms with Gasteiger partial charge >= 0.3 is 0 Å². The number of sulfonamides is 1. The standard InChI is InChI=1S/C20H30N2O3S/c1-4-26(24,25)22-11-9-20(10-12-22)14-16(13-19(23)21-15(2)3)17-7-5-6-8-18(17)20/h5-8,15-16H,4,9-14H2,1-3H3,(H,21,23)/t16-/m1/s1. The minimum atomic E-state index is -3.12. The summed E-state index contributed by atoms with van der Waals surface area (Å²) in [5, 5.41) is 3.00. The molecular weight excluding hydrogens is 348 g/mol. The Morgan fingerprint density at radius 2 is 1.92 bits per heavy atom. The summed E-state index contributed by atoms with van der Waals surface area (Å²) < 4.78 is 26.0. The van der Waals surface area contributed by atoms with Crippen LogP contribution < -0.4 is 5.32 Å². The molecule has 1 aromatic carbocycles. The lowest BCUT2D eigenvalue weighted by Gasteiger charge is -2.39. The van der Waals surface area contributed by atoms with Crippen LogP contribution in [0.3, 0.4) is 0 Å². The van der Waals surface area contributed by atoms with Gasteiger partial charge in [-0.25, -0.2) is 12.7 Å². The average molecular weight is 379 g/mol. The van der Waals surface area contributed by atoms with E-state index in [4.69, 9.17) is 0 Å². The van der Waals surface area contributed by atoms with Crippen molar-refractivity contribution in [3.8, 4) is 0 Å². The van der Waals surface area contributed by atoms with Crippen molar-refractivity contribution in [2.24, 2.45) is 0 Å². The number of carbonyl (C=O) groups excluding carboxylic acids is 1. The van der Waals surface area contributed by atoms with E-state index >= 15 is 0 Å². The molecule has 5 nitrogen and oxygen atoms in total. The highest BCUT2D eigenvalue weighted by Gasteiger charge is 2.46. The molecule has 1 spiro atoms. The molecule has 144 valence electrons. The maximum Gasteiger partial charge on any atom is 0.220 e. The number of amides is 1. The number of nitrogens with one attached hydrogen (secondary N) is 1. The molecule has 1 heterocycles. The molecule has 3 rings (SSSR count). The largest absolute Gasteiger partial charge is 0.354 e. The first-order chi connectivity index (χ1) is 12.3.